The minimum atomic E-state index is -4.56. The van der Waals surface area contributed by atoms with E-state index in [0.29, 0.717) is 11.3 Å². The molecule has 2 atom stereocenters. The quantitative estimate of drug-likeness (QED) is 0.336. The summed E-state index contributed by atoms with van der Waals surface area (Å²) in [5.74, 6) is -3.62. The molecule has 5 rings (SSSR count). The van der Waals surface area contributed by atoms with E-state index in [4.69, 9.17) is 0 Å². The van der Waals surface area contributed by atoms with Crippen molar-refractivity contribution in [3.63, 3.8) is 0 Å². The van der Waals surface area contributed by atoms with Crippen molar-refractivity contribution in [3.05, 3.63) is 107 Å². The maximum Gasteiger partial charge on any atom is 0.416 e. The molecule has 2 aliphatic heterocycles. The third kappa shape index (κ3) is 6.64. The Morgan fingerprint density at radius 1 is 0.907 bits per heavy atom. The number of hydrogen-bond acceptors (Lipinski definition) is 6. The van der Waals surface area contributed by atoms with Crippen LogP contribution in [0.2, 0.25) is 0 Å². The molecular formula is C31H25F3N4O5. The molecule has 0 aromatic heterocycles. The average molecular weight is 591 g/mol. The molecule has 1 saturated heterocycles. The summed E-state index contributed by atoms with van der Waals surface area (Å²) in [5.41, 5.74) is 0.928. The second kappa shape index (κ2) is 11.9. The minimum Gasteiger partial charge on any atom is -0.351 e. The lowest BCUT2D eigenvalue weighted by atomic mass is 9.88. The van der Waals surface area contributed by atoms with Crippen LogP contribution < -0.4 is 16.0 Å². The van der Waals surface area contributed by atoms with E-state index in [2.05, 4.69) is 16.0 Å². The van der Waals surface area contributed by atoms with E-state index in [9.17, 15) is 37.1 Å². The molecule has 3 aromatic rings. The van der Waals surface area contributed by atoms with Crippen LogP contribution in [0.3, 0.4) is 0 Å². The number of benzene rings is 3. The number of alkyl halides is 3. The van der Waals surface area contributed by atoms with Crippen molar-refractivity contribution < 1.29 is 37.1 Å². The standard InChI is InChI=1S/C31H25F3N4O5/c32-31(33,34)20-9-5-11-22(15-20)36-27(40)16-23(18-6-2-1-3-7-18)19-8-4-10-21(14-19)35-24-17-28(41)38(30(24)43)25-12-13-26(39)37-29(25)42/h1-11,14-15,17,23,25,35H,12-13,16H2,(H,36,40)(H,37,39,42). The molecule has 43 heavy (non-hydrogen) atoms. The third-order valence-corrected chi connectivity index (χ3v) is 7.11. The number of nitrogens with zero attached hydrogens (tertiary/aromatic N) is 1. The molecule has 3 aromatic carbocycles. The average Bonchev–Trinajstić information content (AvgIpc) is 3.24. The molecule has 0 radical (unpaired) electrons. The van der Waals surface area contributed by atoms with E-state index in [1.54, 1.807) is 36.4 Å². The van der Waals surface area contributed by atoms with Crippen molar-refractivity contribution >= 4 is 40.9 Å². The SMILES string of the molecule is O=C1CCC(N2C(=O)C=C(Nc3cccc(C(CC(=O)Nc4cccc(C(F)(F)F)c4)c4ccccc4)c3)C2=O)C(=O)N1. The van der Waals surface area contributed by atoms with Crippen LogP contribution in [0.15, 0.2) is 90.6 Å². The van der Waals surface area contributed by atoms with Gasteiger partial charge in [0.2, 0.25) is 17.7 Å². The zero-order valence-corrected chi connectivity index (χ0v) is 22.5. The van der Waals surface area contributed by atoms with Crippen LogP contribution in [0.25, 0.3) is 0 Å². The van der Waals surface area contributed by atoms with E-state index in [-0.39, 0.29) is 30.6 Å². The molecule has 0 saturated carbocycles. The van der Waals surface area contributed by atoms with Gasteiger partial charge in [0.1, 0.15) is 11.7 Å². The van der Waals surface area contributed by atoms with Gasteiger partial charge in [-0.1, -0.05) is 48.5 Å². The Hall–Kier alpha value is -5.26. The number of hydrogen-bond donors (Lipinski definition) is 3. The summed E-state index contributed by atoms with van der Waals surface area (Å²) in [4.78, 5) is 63.3. The summed E-state index contributed by atoms with van der Waals surface area (Å²) in [6.07, 6.45) is -3.55. The van der Waals surface area contributed by atoms with Gasteiger partial charge in [-0.05, 0) is 47.9 Å². The van der Waals surface area contributed by atoms with E-state index in [0.717, 1.165) is 28.7 Å². The first-order chi connectivity index (χ1) is 20.5. The highest BCUT2D eigenvalue weighted by molar-refractivity contribution is 6.20. The minimum absolute atomic E-state index is 0.000486. The molecule has 2 aliphatic rings. The van der Waals surface area contributed by atoms with Crippen LogP contribution in [-0.2, 0) is 30.1 Å². The fourth-order valence-electron chi connectivity index (χ4n) is 5.07. The van der Waals surface area contributed by atoms with E-state index < -0.39 is 53.2 Å². The molecule has 9 nitrogen and oxygen atoms in total. The van der Waals surface area contributed by atoms with Crippen LogP contribution in [0.5, 0.6) is 0 Å². The Labute approximate surface area is 243 Å². The van der Waals surface area contributed by atoms with Crippen molar-refractivity contribution in [2.75, 3.05) is 10.6 Å². The summed E-state index contributed by atoms with van der Waals surface area (Å²) in [6, 6.07) is 19.1. The second-order valence-electron chi connectivity index (χ2n) is 10.1. The maximum atomic E-state index is 13.1. The highest BCUT2D eigenvalue weighted by Gasteiger charge is 2.42. The Balaban J connectivity index is 1.34. The number of nitrogens with one attached hydrogen (secondary N) is 3. The molecule has 1 fully saturated rings. The van der Waals surface area contributed by atoms with Gasteiger partial charge >= 0.3 is 6.18 Å². The molecule has 0 spiro atoms. The van der Waals surface area contributed by atoms with Crippen molar-refractivity contribution in [2.24, 2.45) is 0 Å². The highest BCUT2D eigenvalue weighted by atomic mass is 19.4. The predicted molar refractivity (Wildman–Crippen MR) is 149 cm³/mol. The third-order valence-electron chi connectivity index (χ3n) is 7.11. The summed E-state index contributed by atoms with van der Waals surface area (Å²) in [6.45, 7) is 0. The van der Waals surface area contributed by atoms with Crippen molar-refractivity contribution in [1.82, 2.24) is 10.2 Å². The van der Waals surface area contributed by atoms with Gasteiger partial charge in [-0.2, -0.15) is 13.2 Å². The highest BCUT2D eigenvalue weighted by Crippen LogP contribution is 2.33. The molecule has 2 unspecified atom stereocenters. The summed E-state index contributed by atoms with van der Waals surface area (Å²) in [5, 5.41) is 7.60. The van der Waals surface area contributed by atoms with Crippen LogP contribution in [0, 0.1) is 0 Å². The smallest absolute Gasteiger partial charge is 0.351 e. The number of imide groups is 2. The molecule has 0 aliphatic carbocycles. The lowest BCUT2D eigenvalue weighted by Gasteiger charge is -2.28. The van der Waals surface area contributed by atoms with Crippen LogP contribution >= 0.6 is 0 Å². The lowest BCUT2D eigenvalue weighted by molar-refractivity contribution is -0.149. The number of carbonyl (C=O) groups excluding carboxylic acids is 5. The van der Waals surface area contributed by atoms with Gasteiger partial charge in [-0.25, -0.2) is 0 Å². The van der Waals surface area contributed by atoms with E-state index in [1.807, 2.05) is 18.2 Å². The normalized spacial score (nSPS) is 17.8. The first-order valence-corrected chi connectivity index (χ1v) is 13.3. The van der Waals surface area contributed by atoms with Crippen molar-refractivity contribution in [3.8, 4) is 0 Å². The largest absolute Gasteiger partial charge is 0.416 e. The molecule has 5 amide bonds. The van der Waals surface area contributed by atoms with Gasteiger partial charge in [-0.15, -0.1) is 0 Å². The van der Waals surface area contributed by atoms with Gasteiger partial charge < -0.3 is 10.6 Å². The number of carbonyl (C=O) groups is 5. The summed E-state index contributed by atoms with van der Waals surface area (Å²) < 4.78 is 39.4. The number of rotatable bonds is 8. The first-order valence-electron chi connectivity index (χ1n) is 13.3. The number of piperidine rings is 1. The number of anilines is 2. The Morgan fingerprint density at radius 3 is 2.33 bits per heavy atom. The van der Waals surface area contributed by atoms with Crippen LogP contribution in [0.1, 0.15) is 41.9 Å². The van der Waals surface area contributed by atoms with Crippen molar-refractivity contribution in [2.45, 2.75) is 37.4 Å². The van der Waals surface area contributed by atoms with Gasteiger partial charge in [-0.3, -0.25) is 34.2 Å². The van der Waals surface area contributed by atoms with Gasteiger partial charge in [0, 0.05) is 36.2 Å². The zero-order chi connectivity index (χ0) is 30.7. The Kier molecular flexibility index (Phi) is 8.11. The van der Waals surface area contributed by atoms with Crippen LogP contribution in [-0.4, -0.2) is 40.5 Å². The topological polar surface area (TPSA) is 125 Å². The van der Waals surface area contributed by atoms with Gasteiger partial charge in [0.15, 0.2) is 0 Å². The fraction of sp³-hybridized carbons (Fsp3) is 0.194. The monoisotopic (exact) mass is 590 g/mol. The number of amides is 5. The van der Waals surface area contributed by atoms with Crippen molar-refractivity contribution in [1.29, 1.82) is 0 Å². The summed E-state index contributed by atoms with van der Waals surface area (Å²) >= 11 is 0. The maximum absolute atomic E-state index is 13.1. The molecular weight excluding hydrogens is 565 g/mol. The molecule has 0 bridgehead atoms. The predicted octanol–water partition coefficient (Wildman–Crippen LogP) is 4.34. The molecule has 3 N–H and O–H groups in total. The molecule has 2 heterocycles. The second-order valence-corrected chi connectivity index (χ2v) is 10.1. The molecule has 12 heteroatoms. The zero-order valence-electron chi connectivity index (χ0n) is 22.5. The molecule has 220 valence electrons. The van der Waals surface area contributed by atoms with Gasteiger partial charge in [0.05, 0.1) is 5.56 Å². The lowest BCUT2D eigenvalue weighted by Crippen LogP contribution is -2.54. The Bertz CT molecular complexity index is 1640. The summed E-state index contributed by atoms with van der Waals surface area (Å²) in [7, 11) is 0. The Morgan fingerprint density at radius 2 is 1.60 bits per heavy atom. The fourth-order valence-corrected chi connectivity index (χ4v) is 5.07. The van der Waals surface area contributed by atoms with E-state index in [1.165, 1.54) is 12.1 Å². The number of halogens is 3. The van der Waals surface area contributed by atoms with Gasteiger partial charge in [0.25, 0.3) is 11.8 Å². The first kappa shape index (κ1) is 29.2. The van der Waals surface area contributed by atoms with Crippen LogP contribution in [0.4, 0.5) is 24.5 Å². The van der Waals surface area contributed by atoms with E-state index >= 15 is 0 Å².